The lowest BCUT2D eigenvalue weighted by atomic mass is 9.94. The van der Waals surface area contributed by atoms with Gasteiger partial charge in [0.15, 0.2) is 6.61 Å². The van der Waals surface area contributed by atoms with Gasteiger partial charge in [-0.15, -0.1) is 0 Å². The number of benzene rings is 1. The molecule has 0 bridgehead atoms. The minimum absolute atomic E-state index is 0.114. The van der Waals surface area contributed by atoms with Gasteiger partial charge in [-0.3, -0.25) is 0 Å². The molecule has 1 aromatic rings. The maximum atomic E-state index is 8.55. The minimum atomic E-state index is 0.114. The van der Waals surface area contributed by atoms with E-state index in [0.717, 1.165) is 30.4 Å². The van der Waals surface area contributed by atoms with Gasteiger partial charge in [0.05, 0.1) is 5.69 Å². The van der Waals surface area contributed by atoms with E-state index < -0.39 is 0 Å². The molecule has 0 amide bonds. The second kappa shape index (κ2) is 5.58. The zero-order chi connectivity index (χ0) is 12.1. The van der Waals surface area contributed by atoms with E-state index in [1.165, 1.54) is 12.8 Å². The second-order valence-electron chi connectivity index (χ2n) is 4.47. The molecule has 3 nitrogen and oxygen atoms in total. The molecule has 1 aliphatic rings. The van der Waals surface area contributed by atoms with Crippen molar-refractivity contribution in [1.29, 1.82) is 5.26 Å². The second-order valence-corrected chi connectivity index (χ2v) is 4.47. The molecule has 0 aliphatic carbocycles. The Morgan fingerprint density at radius 1 is 1.41 bits per heavy atom. The predicted molar refractivity (Wildman–Crippen MR) is 68.2 cm³/mol. The molecule has 0 saturated carbocycles. The smallest absolute Gasteiger partial charge is 0.174 e. The summed E-state index contributed by atoms with van der Waals surface area (Å²) in [7, 11) is 0. The van der Waals surface area contributed by atoms with Gasteiger partial charge >= 0.3 is 0 Å². The molecule has 1 fully saturated rings. The standard InChI is InChI=1S/C14H18N2O/c1-2-5-12-10-16(11-12)13-6-3-4-7-14(13)17-9-8-15/h3-4,6-7,12H,2,5,9-11H2,1H3. The molecule has 0 spiro atoms. The van der Waals surface area contributed by atoms with Gasteiger partial charge in [-0.2, -0.15) is 5.26 Å². The number of hydrogen-bond donors (Lipinski definition) is 0. The van der Waals surface area contributed by atoms with Crippen LogP contribution in [-0.4, -0.2) is 19.7 Å². The number of anilines is 1. The predicted octanol–water partition coefficient (Wildman–Crippen LogP) is 2.83. The molecule has 3 heteroatoms. The molecular weight excluding hydrogens is 212 g/mol. The fraction of sp³-hybridized carbons (Fsp3) is 0.500. The van der Waals surface area contributed by atoms with Crippen molar-refractivity contribution in [2.24, 2.45) is 5.92 Å². The van der Waals surface area contributed by atoms with E-state index >= 15 is 0 Å². The molecule has 2 rings (SSSR count). The highest BCUT2D eigenvalue weighted by Crippen LogP contribution is 2.34. The van der Waals surface area contributed by atoms with Crippen LogP contribution in [0.15, 0.2) is 24.3 Å². The van der Waals surface area contributed by atoms with Gasteiger partial charge in [0, 0.05) is 13.1 Å². The van der Waals surface area contributed by atoms with Gasteiger partial charge in [-0.25, -0.2) is 0 Å². The van der Waals surface area contributed by atoms with Crippen molar-refractivity contribution >= 4 is 5.69 Å². The summed E-state index contributed by atoms with van der Waals surface area (Å²) >= 11 is 0. The summed E-state index contributed by atoms with van der Waals surface area (Å²) in [6, 6.07) is 9.96. The molecule has 17 heavy (non-hydrogen) atoms. The molecule has 0 aromatic heterocycles. The largest absolute Gasteiger partial charge is 0.477 e. The molecule has 1 heterocycles. The van der Waals surface area contributed by atoms with Crippen molar-refractivity contribution in [1.82, 2.24) is 0 Å². The zero-order valence-electron chi connectivity index (χ0n) is 10.2. The first-order chi connectivity index (χ1) is 8.35. The Bertz CT molecular complexity index is 405. The molecule has 1 saturated heterocycles. The van der Waals surface area contributed by atoms with Crippen LogP contribution >= 0.6 is 0 Å². The third-order valence-corrected chi connectivity index (χ3v) is 3.15. The van der Waals surface area contributed by atoms with Crippen LogP contribution in [0.5, 0.6) is 5.75 Å². The highest BCUT2D eigenvalue weighted by Gasteiger charge is 2.27. The van der Waals surface area contributed by atoms with E-state index in [-0.39, 0.29) is 6.61 Å². The fourth-order valence-electron chi connectivity index (χ4n) is 2.31. The van der Waals surface area contributed by atoms with Crippen molar-refractivity contribution in [3.8, 4) is 11.8 Å². The van der Waals surface area contributed by atoms with Gasteiger partial charge in [-0.05, 0) is 24.5 Å². The quantitative estimate of drug-likeness (QED) is 0.780. The molecule has 0 unspecified atom stereocenters. The molecule has 1 aliphatic heterocycles. The van der Waals surface area contributed by atoms with Gasteiger partial charge in [0.2, 0.25) is 0 Å². The molecule has 0 atom stereocenters. The van der Waals surface area contributed by atoms with Crippen molar-refractivity contribution in [2.45, 2.75) is 19.8 Å². The fourth-order valence-corrected chi connectivity index (χ4v) is 2.31. The summed E-state index contributed by atoms with van der Waals surface area (Å²) in [5.41, 5.74) is 1.12. The van der Waals surface area contributed by atoms with E-state index in [4.69, 9.17) is 10.00 Å². The van der Waals surface area contributed by atoms with Crippen LogP contribution in [0.2, 0.25) is 0 Å². The average molecular weight is 230 g/mol. The summed E-state index contributed by atoms with van der Waals surface area (Å²) in [5, 5.41) is 8.55. The monoisotopic (exact) mass is 230 g/mol. The summed E-state index contributed by atoms with van der Waals surface area (Å²) in [6.07, 6.45) is 2.56. The van der Waals surface area contributed by atoms with E-state index in [9.17, 15) is 0 Å². The van der Waals surface area contributed by atoms with Gasteiger partial charge in [-0.1, -0.05) is 25.5 Å². The first kappa shape index (κ1) is 11.8. The van der Waals surface area contributed by atoms with Crippen LogP contribution in [0.3, 0.4) is 0 Å². The van der Waals surface area contributed by atoms with Crippen LogP contribution in [0.1, 0.15) is 19.8 Å². The summed E-state index contributed by atoms with van der Waals surface area (Å²) in [5.74, 6) is 1.65. The SMILES string of the molecule is CCCC1CN(c2ccccc2OCC#N)C1. The lowest BCUT2D eigenvalue weighted by Gasteiger charge is -2.41. The number of nitrogens with zero attached hydrogens (tertiary/aromatic N) is 2. The Morgan fingerprint density at radius 2 is 2.18 bits per heavy atom. The van der Waals surface area contributed by atoms with Crippen molar-refractivity contribution in [3.63, 3.8) is 0 Å². The third kappa shape index (κ3) is 2.71. The molecular formula is C14H18N2O. The minimum Gasteiger partial charge on any atom is -0.477 e. The van der Waals surface area contributed by atoms with Crippen molar-refractivity contribution < 1.29 is 4.74 Å². The van der Waals surface area contributed by atoms with Crippen LogP contribution in [-0.2, 0) is 0 Å². The van der Waals surface area contributed by atoms with Crippen LogP contribution in [0, 0.1) is 17.2 Å². The summed E-state index contributed by atoms with van der Waals surface area (Å²) in [6.45, 7) is 4.57. The Labute approximate surface area is 103 Å². The van der Waals surface area contributed by atoms with E-state index in [1.54, 1.807) is 0 Å². The number of hydrogen-bond acceptors (Lipinski definition) is 3. The normalized spacial score (nSPS) is 15.2. The molecule has 0 N–H and O–H groups in total. The topological polar surface area (TPSA) is 36.3 Å². The van der Waals surface area contributed by atoms with E-state index in [2.05, 4.69) is 17.9 Å². The first-order valence-corrected chi connectivity index (χ1v) is 6.19. The zero-order valence-corrected chi connectivity index (χ0v) is 10.2. The van der Waals surface area contributed by atoms with Crippen LogP contribution in [0.4, 0.5) is 5.69 Å². The maximum absolute atomic E-state index is 8.55. The van der Waals surface area contributed by atoms with Gasteiger partial charge < -0.3 is 9.64 Å². The maximum Gasteiger partial charge on any atom is 0.174 e. The molecule has 0 radical (unpaired) electrons. The van der Waals surface area contributed by atoms with Crippen molar-refractivity contribution in [3.05, 3.63) is 24.3 Å². The highest BCUT2D eigenvalue weighted by atomic mass is 16.5. The lowest BCUT2D eigenvalue weighted by Crippen LogP contribution is -2.46. The van der Waals surface area contributed by atoms with Gasteiger partial charge in [0.1, 0.15) is 11.8 Å². The summed E-state index contributed by atoms with van der Waals surface area (Å²) < 4.78 is 5.44. The number of ether oxygens (including phenoxy) is 1. The average Bonchev–Trinajstić information content (AvgIpc) is 2.31. The van der Waals surface area contributed by atoms with Crippen molar-refractivity contribution in [2.75, 3.05) is 24.6 Å². The van der Waals surface area contributed by atoms with Crippen LogP contribution in [0.25, 0.3) is 0 Å². The lowest BCUT2D eigenvalue weighted by molar-refractivity contribution is 0.351. The number of para-hydroxylation sites is 2. The van der Waals surface area contributed by atoms with E-state index in [0.29, 0.717) is 0 Å². The number of nitriles is 1. The van der Waals surface area contributed by atoms with E-state index in [1.807, 2.05) is 24.3 Å². The summed E-state index contributed by atoms with van der Waals surface area (Å²) in [4.78, 5) is 2.33. The Kier molecular flexibility index (Phi) is 3.87. The Morgan fingerprint density at radius 3 is 2.88 bits per heavy atom. The molecule has 1 aromatic carbocycles. The Balaban J connectivity index is 1.99. The highest BCUT2D eigenvalue weighted by molar-refractivity contribution is 5.60. The first-order valence-electron chi connectivity index (χ1n) is 6.19. The number of rotatable bonds is 5. The molecule has 90 valence electrons. The Hall–Kier alpha value is -1.69. The third-order valence-electron chi connectivity index (χ3n) is 3.15. The van der Waals surface area contributed by atoms with Gasteiger partial charge in [0.25, 0.3) is 0 Å². The van der Waals surface area contributed by atoms with Crippen LogP contribution < -0.4 is 9.64 Å².